The Morgan fingerprint density at radius 2 is 1.89 bits per heavy atom. The number of hydrogen-bond acceptors (Lipinski definition) is 2. The molecule has 1 aliphatic carbocycles. The van der Waals surface area contributed by atoms with E-state index in [1.807, 2.05) is 0 Å². The van der Waals surface area contributed by atoms with Crippen molar-refractivity contribution in [2.45, 2.75) is 39.2 Å². The van der Waals surface area contributed by atoms with Crippen molar-refractivity contribution in [3.63, 3.8) is 0 Å². The molecular formula is C15H23BrN2. The Morgan fingerprint density at radius 1 is 1.22 bits per heavy atom. The second-order valence-electron chi connectivity index (χ2n) is 5.88. The van der Waals surface area contributed by atoms with Crippen molar-refractivity contribution in [1.29, 1.82) is 0 Å². The van der Waals surface area contributed by atoms with Gasteiger partial charge in [0.1, 0.15) is 0 Å². The molecule has 0 aliphatic heterocycles. The molecule has 1 saturated carbocycles. The average molecular weight is 311 g/mol. The summed E-state index contributed by atoms with van der Waals surface area (Å²) in [4.78, 5) is 0. The Bertz CT molecular complexity index is 384. The number of rotatable bonds is 3. The molecule has 1 aromatic carbocycles. The zero-order chi connectivity index (χ0) is 13.1. The van der Waals surface area contributed by atoms with Gasteiger partial charge < -0.3 is 0 Å². The molecule has 2 nitrogen and oxygen atoms in total. The molecule has 100 valence electrons. The topological polar surface area (TPSA) is 38.0 Å². The number of halogens is 1. The van der Waals surface area contributed by atoms with Crippen LogP contribution in [0.1, 0.15) is 44.7 Å². The van der Waals surface area contributed by atoms with Crippen LogP contribution in [0.25, 0.3) is 0 Å². The highest BCUT2D eigenvalue weighted by Gasteiger charge is 2.30. The molecule has 1 fully saturated rings. The van der Waals surface area contributed by atoms with Crippen LogP contribution < -0.4 is 11.3 Å². The molecule has 3 atom stereocenters. The second kappa shape index (κ2) is 6.18. The Balaban J connectivity index is 2.17. The van der Waals surface area contributed by atoms with Crippen LogP contribution in [0.4, 0.5) is 0 Å². The van der Waals surface area contributed by atoms with Gasteiger partial charge in [0.15, 0.2) is 0 Å². The maximum atomic E-state index is 5.81. The molecule has 0 spiro atoms. The Hall–Kier alpha value is -0.380. The van der Waals surface area contributed by atoms with Crippen LogP contribution in [0.5, 0.6) is 0 Å². The summed E-state index contributed by atoms with van der Waals surface area (Å²) in [5.41, 5.74) is 4.33. The lowest BCUT2D eigenvalue weighted by Crippen LogP contribution is -2.37. The smallest absolute Gasteiger partial charge is 0.0488 e. The van der Waals surface area contributed by atoms with Gasteiger partial charge in [-0.1, -0.05) is 41.9 Å². The summed E-state index contributed by atoms with van der Waals surface area (Å²) in [5.74, 6) is 8.07. The molecule has 3 heteroatoms. The van der Waals surface area contributed by atoms with Crippen molar-refractivity contribution in [3.8, 4) is 0 Å². The van der Waals surface area contributed by atoms with E-state index in [9.17, 15) is 0 Å². The fraction of sp³-hybridized carbons (Fsp3) is 0.600. The first kappa shape index (κ1) is 14.0. The van der Waals surface area contributed by atoms with E-state index in [2.05, 4.69) is 59.5 Å². The van der Waals surface area contributed by atoms with Crippen LogP contribution in [0.2, 0.25) is 0 Å². The average Bonchev–Trinajstić information content (AvgIpc) is 2.28. The maximum Gasteiger partial charge on any atom is 0.0488 e. The quantitative estimate of drug-likeness (QED) is 0.653. The third-order valence-corrected chi connectivity index (χ3v) is 4.57. The third-order valence-electron chi connectivity index (χ3n) is 4.07. The molecule has 3 N–H and O–H groups in total. The summed E-state index contributed by atoms with van der Waals surface area (Å²) in [6.07, 6.45) is 3.89. The lowest BCUT2D eigenvalue weighted by molar-refractivity contribution is 0.177. The molecule has 0 bridgehead atoms. The van der Waals surface area contributed by atoms with Crippen molar-refractivity contribution in [2.75, 3.05) is 0 Å². The molecule has 0 radical (unpaired) electrons. The molecule has 18 heavy (non-hydrogen) atoms. The number of nitrogens with two attached hydrogens (primary N) is 1. The van der Waals surface area contributed by atoms with Crippen LogP contribution in [0.15, 0.2) is 28.7 Å². The zero-order valence-electron chi connectivity index (χ0n) is 11.2. The normalized spacial score (nSPS) is 30.1. The highest BCUT2D eigenvalue weighted by Crippen LogP contribution is 2.39. The minimum Gasteiger partial charge on any atom is -0.271 e. The number of hydrazine groups is 1. The lowest BCUT2D eigenvalue weighted by Gasteiger charge is -2.36. The van der Waals surface area contributed by atoms with Gasteiger partial charge in [0.25, 0.3) is 0 Å². The van der Waals surface area contributed by atoms with Gasteiger partial charge in [-0.2, -0.15) is 0 Å². The highest BCUT2D eigenvalue weighted by atomic mass is 79.9. The fourth-order valence-electron chi connectivity index (χ4n) is 3.49. The van der Waals surface area contributed by atoms with Gasteiger partial charge in [-0.3, -0.25) is 11.3 Å². The van der Waals surface area contributed by atoms with E-state index in [4.69, 9.17) is 5.84 Å². The third kappa shape index (κ3) is 3.34. The Kier molecular flexibility index (Phi) is 4.82. The maximum absolute atomic E-state index is 5.81. The van der Waals surface area contributed by atoms with Gasteiger partial charge >= 0.3 is 0 Å². The molecular weight excluding hydrogens is 288 g/mol. The first-order chi connectivity index (χ1) is 8.60. The SMILES string of the molecule is CC1CC(C)CC(C(NN)c2cccc(Br)c2)C1. The van der Waals surface area contributed by atoms with E-state index in [0.29, 0.717) is 5.92 Å². The first-order valence-corrected chi connectivity index (χ1v) is 7.61. The van der Waals surface area contributed by atoms with E-state index in [1.54, 1.807) is 0 Å². The Labute approximate surface area is 118 Å². The van der Waals surface area contributed by atoms with E-state index in [-0.39, 0.29) is 6.04 Å². The predicted octanol–water partition coefficient (Wildman–Crippen LogP) is 4.03. The molecule has 0 heterocycles. The molecule has 1 aromatic rings. The zero-order valence-corrected chi connectivity index (χ0v) is 12.8. The van der Waals surface area contributed by atoms with E-state index in [1.165, 1.54) is 24.8 Å². The van der Waals surface area contributed by atoms with Crippen LogP contribution in [0, 0.1) is 17.8 Å². The van der Waals surface area contributed by atoms with Gasteiger partial charge in [-0.15, -0.1) is 0 Å². The summed E-state index contributed by atoms with van der Waals surface area (Å²) >= 11 is 3.54. The van der Waals surface area contributed by atoms with Crippen molar-refractivity contribution in [1.82, 2.24) is 5.43 Å². The largest absolute Gasteiger partial charge is 0.271 e. The summed E-state index contributed by atoms with van der Waals surface area (Å²) in [7, 11) is 0. The lowest BCUT2D eigenvalue weighted by atomic mass is 9.72. The summed E-state index contributed by atoms with van der Waals surface area (Å²) in [6.45, 7) is 4.72. The molecule has 0 saturated heterocycles. The molecule has 2 rings (SSSR count). The minimum absolute atomic E-state index is 0.271. The van der Waals surface area contributed by atoms with Gasteiger partial charge in [-0.25, -0.2) is 0 Å². The van der Waals surface area contributed by atoms with Gasteiger partial charge in [0.05, 0.1) is 0 Å². The van der Waals surface area contributed by atoms with Gasteiger partial charge in [0, 0.05) is 10.5 Å². The van der Waals surface area contributed by atoms with Crippen molar-refractivity contribution >= 4 is 15.9 Å². The number of benzene rings is 1. The summed E-state index contributed by atoms with van der Waals surface area (Å²) in [6, 6.07) is 8.75. The molecule has 1 aliphatic rings. The highest BCUT2D eigenvalue weighted by molar-refractivity contribution is 9.10. The Morgan fingerprint density at radius 3 is 2.44 bits per heavy atom. The van der Waals surface area contributed by atoms with Crippen molar-refractivity contribution in [3.05, 3.63) is 34.3 Å². The summed E-state index contributed by atoms with van der Waals surface area (Å²) < 4.78 is 1.12. The van der Waals surface area contributed by atoms with Gasteiger partial charge in [-0.05, 0) is 54.7 Å². The monoisotopic (exact) mass is 310 g/mol. The molecule has 0 amide bonds. The molecule has 0 aromatic heterocycles. The standard InChI is InChI=1S/C15H23BrN2/c1-10-6-11(2)8-13(7-10)15(18-17)12-4-3-5-14(16)9-12/h3-5,9-11,13,15,18H,6-8,17H2,1-2H3. The van der Waals surface area contributed by atoms with E-state index < -0.39 is 0 Å². The van der Waals surface area contributed by atoms with Crippen LogP contribution in [-0.2, 0) is 0 Å². The van der Waals surface area contributed by atoms with E-state index >= 15 is 0 Å². The van der Waals surface area contributed by atoms with Crippen LogP contribution in [0.3, 0.4) is 0 Å². The number of nitrogens with one attached hydrogen (secondary N) is 1. The molecule has 3 unspecified atom stereocenters. The first-order valence-electron chi connectivity index (χ1n) is 6.81. The van der Waals surface area contributed by atoms with Crippen LogP contribution in [-0.4, -0.2) is 0 Å². The van der Waals surface area contributed by atoms with Crippen molar-refractivity contribution in [2.24, 2.45) is 23.6 Å². The van der Waals surface area contributed by atoms with E-state index in [0.717, 1.165) is 16.3 Å². The fourth-order valence-corrected chi connectivity index (χ4v) is 3.90. The van der Waals surface area contributed by atoms with Gasteiger partial charge in [0.2, 0.25) is 0 Å². The minimum atomic E-state index is 0.271. The van der Waals surface area contributed by atoms with Crippen molar-refractivity contribution < 1.29 is 0 Å². The number of hydrogen-bond donors (Lipinski definition) is 2. The van der Waals surface area contributed by atoms with Crippen LogP contribution >= 0.6 is 15.9 Å². The summed E-state index contributed by atoms with van der Waals surface area (Å²) in [5, 5.41) is 0. The predicted molar refractivity (Wildman–Crippen MR) is 79.9 cm³/mol. The second-order valence-corrected chi connectivity index (χ2v) is 6.79.